The number of rotatable bonds is 5. The van der Waals surface area contributed by atoms with Gasteiger partial charge < -0.3 is 25.6 Å². The van der Waals surface area contributed by atoms with E-state index in [0.29, 0.717) is 24.3 Å². The fourth-order valence-electron chi connectivity index (χ4n) is 2.11. The van der Waals surface area contributed by atoms with Crippen LogP contribution >= 0.6 is 7.60 Å². The molecule has 0 atom stereocenters. The van der Waals surface area contributed by atoms with E-state index >= 15 is 0 Å². The largest absolute Gasteiger partial charge is 0.457 e. The number of benzene rings is 2. The van der Waals surface area contributed by atoms with Gasteiger partial charge in [0.25, 0.3) is 0 Å². The molecule has 0 bridgehead atoms. The van der Waals surface area contributed by atoms with Crippen LogP contribution in [0.25, 0.3) is 0 Å². The van der Waals surface area contributed by atoms with E-state index in [4.69, 9.17) is 20.3 Å². The molecule has 6 nitrogen and oxygen atoms in total. The van der Waals surface area contributed by atoms with Crippen LogP contribution in [-0.2, 0) is 16.9 Å². The Kier molecular flexibility index (Phi) is 5.88. The third kappa shape index (κ3) is 5.78. The maximum absolute atomic E-state index is 13.2. The summed E-state index contributed by atoms with van der Waals surface area (Å²) in [5.74, 6) is -1.42. The second-order valence-corrected chi connectivity index (χ2v) is 7.21. The van der Waals surface area contributed by atoms with Crippen LogP contribution in [-0.4, -0.2) is 16.1 Å². The van der Waals surface area contributed by atoms with Gasteiger partial charge in [0.1, 0.15) is 23.3 Å². The molecule has 0 aliphatic heterocycles. The van der Waals surface area contributed by atoms with E-state index in [1.165, 1.54) is 0 Å². The quantitative estimate of drug-likeness (QED) is 0.313. The molecule has 0 saturated carbocycles. The Balaban J connectivity index is 2.47. The minimum Gasteiger partial charge on any atom is -0.457 e. The molecule has 13 heteroatoms. The number of halogens is 6. The Morgan fingerprint density at radius 2 is 1.68 bits per heavy atom. The summed E-state index contributed by atoms with van der Waals surface area (Å²) in [5, 5.41) is 2.18. The van der Waals surface area contributed by atoms with Crippen LogP contribution in [0.5, 0.6) is 11.5 Å². The maximum Gasteiger partial charge on any atom is 0.420 e. The van der Waals surface area contributed by atoms with Crippen LogP contribution < -0.4 is 15.8 Å². The Morgan fingerprint density at radius 3 is 2.21 bits per heavy atom. The highest BCUT2D eigenvalue weighted by Crippen LogP contribution is 2.43. The molecule has 28 heavy (non-hydrogen) atoms. The highest BCUT2D eigenvalue weighted by atomic mass is 31.2. The van der Waals surface area contributed by atoms with Gasteiger partial charge in [0.05, 0.1) is 16.9 Å². The topological polar surface area (TPSA) is 105 Å². The summed E-state index contributed by atoms with van der Waals surface area (Å²) in [4.78, 5) is 17.7. The SMILES string of the molecule is Nc1cc(C(F)(F)F)c(Oc2cccc(C(F)(F)F)c2)cc1NCP(=O)(O)O. The van der Waals surface area contributed by atoms with Crippen molar-refractivity contribution < 1.29 is 45.4 Å². The van der Waals surface area contributed by atoms with Crippen molar-refractivity contribution in [3.05, 3.63) is 47.5 Å². The van der Waals surface area contributed by atoms with Crippen molar-refractivity contribution in [2.75, 3.05) is 17.3 Å². The fourth-order valence-corrected chi connectivity index (χ4v) is 2.48. The summed E-state index contributed by atoms with van der Waals surface area (Å²) in [6, 6.07) is 4.36. The summed E-state index contributed by atoms with van der Waals surface area (Å²) in [6.07, 6.45) is -10.6. The lowest BCUT2D eigenvalue weighted by atomic mass is 10.1. The third-order valence-electron chi connectivity index (χ3n) is 3.32. The lowest BCUT2D eigenvalue weighted by molar-refractivity contribution is -0.139. The molecule has 0 amide bonds. The second kappa shape index (κ2) is 7.53. The van der Waals surface area contributed by atoms with Gasteiger partial charge in [-0.1, -0.05) is 6.07 Å². The molecule has 0 aromatic heterocycles. The Morgan fingerprint density at radius 1 is 1.04 bits per heavy atom. The number of alkyl halides is 6. The predicted octanol–water partition coefficient (Wildman–Crippen LogP) is 4.65. The number of hydrogen-bond acceptors (Lipinski definition) is 4. The van der Waals surface area contributed by atoms with Gasteiger partial charge in [-0.3, -0.25) is 4.57 Å². The van der Waals surface area contributed by atoms with Crippen LogP contribution in [0, 0.1) is 0 Å². The van der Waals surface area contributed by atoms with E-state index < -0.39 is 54.5 Å². The van der Waals surface area contributed by atoms with Crippen LogP contribution in [0.2, 0.25) is 0 Å². The number of nitrogens with two attached hydrogens (primary N) is 1. The van der Waals surface area contributed by atoms with Crippen molar-refractivity contribution in [1.29, 1.82) is 0 Å². The predicted molar refractivity (Wildman–Crippen MR) is 87.9 cm³/mol. The molecule has 0 unspecified atom stereocenters. The van der Waals surface area contributed by atoms with E-state index in [9.17, 15) is 30.9 Å². The molecule has 0 radical (unpaired) electrons. The molecule has 5 N–H and O–H groups in total. The third-order valence-corrected chi connectivity index (χ3v) is 3.89. The van der Waals surface area contributed by atoms with E-state index in [1.54, 1.807) is 0 Å². The Hall–Kier alpha value is -2.43. The van der Waals surface area contributed by atoms with Crippen molar-refractivity contribution in [3.8, 4) is 11.5 Å². The zero-order chi connectivity index (χ0) is 21.3. The zero-order valence-corrected chi connectivity index (χ0v) is 14.6. The minimum absolute atomic E-state index is 0.293. The van der Waals surface area contributed by atoms with Crippen molar-refractivity contribution in [3.63, 3.8) is 0 Å². The van der Waals surface area contributed by atoms with E-state index in [-0.39, 0.29) is 5.69 Å². The van der Waals surface area contributed by atoms with Crippen LogP contribution in [0.15, 0.2) is 36.4 Å². The van der Waals surface area contributed by atoms with Gasteiger partial charge in [-0.25, -0.2) is 0 Å². The molecule has 2 aromatic carbocycles. The molecule has 0 aliphatic rings. The highest BCUT2D eigenvalue weighted by Gasteiger charge is 2.36. The first-order valence-electron chi connectivity index (χ1n) is 7.31. The van der Waals surface area contributed by atoms with Crippen molar-refractivity contribution in [1.82, 2.24) is 0 Å². The second-order valence-electron chi connectivity index (χ2n) is 5.56. The summed E-state index contributed by atoms with van der Waals surface area (Å²) in [7, 11) is -4.56. The first-order chi connectivity index (χ1) is 12.7. The van der Waals surface area contributed by atoms with Gasteiger partial charge in [0.15, 0.2) is 0 Å². The van der Waals surface area contributed by atoms with Crippen LogP contribution in [0.4, 0.5) is 37.7 Å². The summed E-state index contributed by atoms with van der Waals surface area (Å²) >= 11 is 0. The van der Waals surface area contributed by atoms with E-state index in [2.05, 4.69) is 5.32 Å². The first kappa shape index (κ1) is 21.9. The molecule has 0 aliphatic carbocycles. The Labute approximate surface area is 154 Å². The molecule has 0 heterocycles. The van der Waals surface area contributed by atoms with Gasteiger partial charge >= 0.3 is 19.9 Å². The lowest BCUT2D eigenvalue weighted by Crippen LogP contribution is -2.11. The first-order valence-corrected chi connectivity index (χ1v) is 9.11. The van der Waals surface area contributed by atoms with Gasteiger partial charge in [0, 0.05) is 6.07 Å². The zero-order valence-electron chi connectivity index (χ0n) is 13.7. The fraction of sp³-hybridized carbons (Fsp3) is 0.200. The maximum atomic E-state index is 13.2. The van der Waals surface area contributed by atoms with Crippen molar-refractivity contribution in [2.24, 2.45) is 0 Å². The van der Waals surface area contributed by atoms with E-state index in [1.807, 2.05) is 0 Å². The van der Waals surface area contributed by atoms with Crippen LogP contribution in [0.3, 0.4) is 0 Å². The van der Waals surface area contributed by atoms with Gasteiger partial charge in [-0.15, -0.1) is 0 Å². The molecular formula is C15H13F6N2O4P. The molecule has 0 fully saturated rings. The summed E-state index contributed by atoms with van der Waals surface area (Å²) in [5.41, 5.74) is 2.19. The summed E-state index contributed by atoms with van der Waals surface area (Å²) in [6.45, 7) is 0. The smallest absolute Gasteiger partial charge is 0.420 e. The number of hydrogen-bond donors (Lipinski definition) is 4. The summed E-state index contributed by atoms with van der Waals surface area (Å²) < 4.78 is 94.0. The minimum atomic E-state index is -4.95. The van der Waals surface area contributed by atoms with Crippen molar-refractivity contribution in [2.45, 2.75) is 12.4 Å². The molecule has 2 aromatic rings. The Bertz CT molecular complexity index is 910. The standard InChI is InChI=1S/C15H13F6N2O4P/c16-14(17,18)8-2-1-3-9(4-8)27-13-6-12(23-7-28(24,25)26)11(22)5-10(13)15(19,20)21/h1-6,23H,7,22H2,(H2,24,25,26). The monoisotopic (exact) mass is 430 g/mol. The average molecular weight is 430 g/mol. The number of nitrogens with one attached hydrogen (secondary N) is 1. The number of nitrogen functional groups attached to an aromatic ring is 1. The van der Waals surface area contributed by atoms with Crippen LogP contribution in [0.1, 0.15) is 11.1 Å². The van der Waals surface area contributed by atoms with Gasteiger partial charge in [0.2, 0.25) is 0 Å². The lowest BCUT2D eigenvalue weighted by Gasteiger charge is -2.18. The molecule has 154 valence electrons. The number of ether oxygens (including phenoxy) is 1. The van der Waals surface area contributed by atoms with Crippen molar-refractivity contribution >= 4 is 19.0 Å². The highest BCUT2D eigenvalue weighted by molar-refractivity contribution is 7.51. The van der Waals surface area contributed by atoms with Gasteiger partial charge in [-0.05, 0) is 24.3 Å². The normalized spacial score (nSPS) is 12.7. The molecule has 0 saturated heterocycles. The van der Waals surface area contributed by atoms with E-state index in [0.717, 1.165) is 12.1 Å². The molecule has 0 spiro atoms. The average Bonchev–Trinajstić information content (AvgIpc) is 2.52. The molecular weight excluding hydrogens is 417 g/mol. The number of anilines is 2. The van der Waals surface area contributed by atoms with Gasteiger partial charge in [-0.2, -0.15) is 26.3 Å². The molecule has 2 rings (SSSR count).